The van der Waals surface area contributed by atoms with E-state index in [1.165, 1.54) is 5.01 Å². The number of hydrogen-bond donors (Lipinski definition) is 4. The van der Waals surface area contributed by atoms with Gasteiger partial charge in [-0.1, -0.05) is 6.92 Å². The van der Waals surface area contributed by atoms with Crippen LogP contribution in [-0.2, 0) is 6.42 Å². The van der Waals surface area contributed by atoms with Gasteiger partial charge >= 0.3 is 0 Å². The number of nitrogens with two attached hydrogens (primary N) is 2. The van der Waals surface area contributed by atoms with Crippen LogP contribution in [0.2, 0.25) is 0 Å². The third kappa shape index (κ3) is 3.75. The number of nitrogen functional groups attached to an aromatic ring is 1. The summed E-state index contributed by atoms with van der Waals surface area (Å²) in [6, 6.07) is 5.52. The first-order valence-electron chi connectivity index (χ1n) is 4.96. The van der Waals surface area contributed by atoms with E-state index in [1.54, 1.807) is 19.4 Å². The highest BCUT2D eigenvalue weighted by Gasteiger charge is 2.05. The first-order valence-corrected chi connectivity index (χ1v) is 5.86. The fourth-order valence-corrected chi connectivity index (χ4v) is 1.26. The minimum absolute atomic E-state index is 0.291. The maximum Gasteiger partial charge on any atom is 0.142 e. The molecule has 5 heteroatoms. The molecule has 0 radical (unpaired) electrons. The van der Waals surface area contributed by atoms with Crippen LogP contribution in [0.15, 0.2) is 18.2 Å². The summed E-state index contributed by atoms with van der Waals surface area (Å²) in [4.78, 5) is 0. The second-order valence-corrected chi connectivity index (χ2v) is 3.23. The summed E-state index contributed by atoms with van der Waals surface area (Å²) in [7, 11) is 1.64. The number of thiol groups is 1. The quantitative estimate of drug-likeness (QED) is 0.158. The number of amidine groups is 1. The third-order valence-corrected chi connectivity index (χ3v) is 2.15. The maximum atomic E-state index is 7.69. The number of hydrazine groups is 1. The van der Waals surface area contributed by atoms with Crippen LogP contribution in [0.4, 0.5) is 5.69 Å². The smallest absolute Gasteiger partial charge is 0.142 e. The summed E-state index contributed by atoms with van der Waals surface area (Å²) >= 11 is 3.53. The lowest BCUT2D eigenvalue weighted by atomic mass is 10.1. The fourth-order valence-electron chi connectivity index (χ4n) is 1.26. The van der Waals surface area contributed by atoms with Gasteiger partial charge in [-0.25, -0.2) is 5.84 Å². The van der Waals surface area contributed by atoms with Gasteiger partial charge in [0.2, 0.25) is 0 Å². The first kappa shape index (κ1) is 14.8. The number of nitrogens with zero attached hydrogens (tertiary/aromatic N) is 1. The zero-order valence-electron chi connectivity index (χ0n) is 9.99. The molecule has 1 aromatic carbocycles. The van der Waals surface area contributed by atoms with Crippen LogP contribution in [0, 0.1) is 5.41 Å². The highest BCUT2D eigenvalue weighted by Crippen LogP contribution is 2.15. The van der Waals surface area contributed by atoms with Crippen LogP contribution in [0.5, 0.6) is 0 Å². The van der Waals surface area contributed by atoms with Gasteiger partial charge < -0.3 is 5.73 Å². The van der Waals surface area contributed by atoms with Gasteiger partial charge in [0.1, 0.15) is 5.84 Å². The number of rotatable bonds is 2. The standard InChI is InChI=1S/C10H16N4.CH4S/c1-3-7-6-8(4-5-9(7)11)10(12)14(2)13;1-2/h4-6,12H,3,11,13H2,1-2H3;2H,1H3. The predicted molar refractivity (Wildman–Crippen MR) is 73.9 cm³/mol. The summed E-state index contributed by atoms with van der Waals surface area (Å²) in [6.07, 6.45) is 2.56. The number of hydrogen-bond acceptors (Lipinski definition) is 4. The molecular formula is C11H20N4S. The Morgan fingerprint density at radius 3 is 2.44 bits per heavy atom. The van der Waals surface area contributed by atoms with Crippen molar-refractivity contribution in [2.45, 2.75) is 13.3 Å². The van der Waals surface area contributed by atoms with Gasteiger partial charge in [-0.05, 0) is 36.4 Å². The Hall–Kier alpha value is -1.20. The molecule has 16 heavy (non-hydrogen) atoms. The summed E-state index contributed by atoms with van der Waals surface area (Å²) in [5.41, 5.74) is 8.37. The van der Waals surface area contributed by atoms with Gasteiger partial charge in [-0.3, -0.25) is 10.4 Å². The number of benzene rings is 1. The molecule has 0 bridgehead atoms. The van der Waals surface area contributed by atoms with Gasteiger partial charge in [-0.15, -0.1) is 0 Å². The molecule has 0 fully saturated rings. The third-order valence-electron chi connectivity index (χ3n) is 2.15. The van der Waals surface area contributed by atoms with Crippen molar-refractivity contribution < 1.29 is 0 Å². The SMILES string of the molecule is CCc1cc(C(=N)N(C)N)ccc1N.CS. The van der Waals surface area contributed by atoms with Gasteiger partial charge in [0.05, 0.1) is 0 Å². The van der Waals surface area contributed by atoms with Gasteiger partial charge in [0.15, 0.2) is 0 Å². The largest absolute Gasteiger partial charge is 0.399 e. The van der Waals surface area contributed by atoms with E-state index < -0.39 is 0 Å². The Labute approximate surface area is 103 Å². The highest BCUT2D eigenvalue weighted by molar-refractivity contribution is 7.79. The molecule has 0 heterocycles. The van der Waals surface area contributed by atoms with Crippen molar-refractivity contribution in [3.8, 4) is 0 Å². The van der Waals surface area contributed by atoms with Crippen LogP contribution in [0.1, 0.15) is 18.1 Å². The average molecular weight is 240 g/mol. The molecule has 90 valence electrons. The van der Waals surface area contributed by atoms with E-state index in [2.05, 4.69) is 12.6 Å². The van der Waals surface area contributed by atoms with Crippen molar-refractivity contribution >= 4 is 24.2 Å². The molecule has 5 N–H and O–H groups in total. The number of aryl methyl sites for hydroxylation is 1. The van der Waals surface area contributed by atoms with E-state index >= 15 is 0 Å². The zero-order valence-corrected chi connectivity index (χ0v) is 10.9. The molecule has 0 saturated heterocycles. The molecular weight excluding hydrogens is 220 g/mol. The molecule has 0 amide bonds. The lowest BCUT2D eigenvalue weighted by Crippen LogP contribution is -2.33. The molecule has 1 rings (SSSR count). The van der Waals surface area contributed by atoms with E-state index in [9.17, 15) is 0 Å². The van der Waals surface area contributed by atoms with Crippen molar-refractivity contribution in [2.75, 3.05) is 19.0 Å². The average Bonchev–Trinajstić information content (AvgIpc) is 2.31. The van der Waals surface area contributed by atoms with Crippen LogP contribution >= 0.6 is 12.6 Å². The van der Waals surface area contributed by atoms with Gasteiger partial charge in [0.25, 0.3) is 0 Å². The van der Waals surface area contributed by atoms with Crippen LogP contribution in [0.3, 0.4) is 0 Å². The van der Waals surface area contributed by atoms with Crippen molar-refractivity contribution in [3.05, 3.63) is 29.3 Å². The summed E-state index contributed by atoms with van der Waals surface area (Å²) in [6.45, 7) is 2.03. The summed E-state index contributed by atoms with van der Waals surface area (Å²) in [5, 5.41) is 8.97. The topological polar surface area (TPSA) is 79.1 Å². The van der Waals surface area contributed by atoms with Crippen molar-refractivity contribution in [3.63, 3.8) is 0 Å². The van der Waals surface area contributed by atoms with E-state index in [0.29, 0.717) is 5.84 Å². The normalized spacial score (nSPS) is 9.06. The molecule has 0 aliphatic rings. The first-order chi connectivity index (χ1) is 7.56. The molecule has 1 aromatic rings. The Morgan fingerprint density at radius 1 is 1.44 bits per heavy atom. The molecule has 0 spiro atoms. The van der Waals surface area contributed by atoms with Gasteiger partial charge in [0, 0.05) is 18.3 Å². The summed E-state index contributed by atoms with van der Waals surface area (Å²) < 4.78 is 0. The Bertz CT molecular complexity index is 350. The Balaban J connectivity index is 0.00000106. The van der Waals surface area contributed by atoms with Crippen molar-refractivity contribution in [1.82, 2.24) is 5.01 Å². The Kier molecular flexibility index (Phi) is 6.60. The van der Waals surface area contributed by atoms with Crippen LogP contribution < -0.4 is 11.6 Å². The molecule has 0 unspecified atom stereocenters. The van der Waals surface area contributed by atoms with E-state index in [1.807, 2.05) is 19.1 Å². The predicted octanol–water partition coefficient (Wildman–Crippen LogP) is 1.51. The van der Waals surface area contributed by atoms with Crippen molar-refractivity contribution in [2.24, 2.45) is 5.84 Å². The molecule has 0 saturated carbocycles. The second-order valence-electron chi connectivity index (χ2n) is 3.23. The van der Waals surface area contributed by atoms with Gasteiger partial charge in [-0.2, -0.15) is 12.6 Å². The lowest BCUT2D eigenvalue weighted by Gasteiger charge is -2.14. The molecule has 0 aliphatic carbocycles. The summed E-state index contributed by atoms with van der Waals surface area (Å²) in [5.74, 6) is 5.77. The minimum atomic E-state index is 0.291. The van der Waals surface area contributed by atoms with Crippen molar-refractivity contribution in [1.29, 1.82) is 5.41 Å². The van der Waals surface area contributed by atoms with E-state index in [-0.39, 0.29) is 0 Å². The zero-order chi connectivity index (χ0) is 12.7. The fraction of sp³-hybridized carbons (Fsp3) is 0.364. The molecule has 4 nitrogen and oxygen atoms in total. The number of anilines is 1. The molecule has 0 atom stereocenters. The number of nitrogens with one attached hydrogen (secondary N) is 1. The minimum Gasteiger partial charge on any atom is -0.399 e. The monoisotopic (exact) mass is 240 g/mol. The van der Waals surface area contributed by atoms with E-state index in [0.717, 1.165) is 23.2 Å². The highest BCUT2D eigenvalue weighted by atomic mass is 32.1. The maximum absolute atomic E-state index is 7.69. The molecule has 0 aliphatic heterocycles. The Morgan fingerprint density at radius 2 is 2.00 bits per heavy atom. The van der Waals surface area contributed by atoms with Crippen LogP contribution in [-0.4, -0.2) is 24.1 Å². The lowest BCUT2D eigenvalue weighted by molar-refractivity contribution is 0.536. The van der Waals surface area contributed by atoms with Crippen LogP contribution in [0.25, 0.3) is 0 Å². The molecule has 0 aromatic heterocycles. The van der Waals surface area contributed by atoms with E-state index in [4.69, 9.17) is 17.0 Å². The second kappa shape index (κ2) is 7.14.